The van der Waals surface area contributed by atoms with E-state index in [9.17, 15) is 5.11 Å². The van der Waals surface area contributed by atoms with Crippen molar-refractivity contribution in [3.63, 3.8) is 0 Å². The van der Waals surface area contributed by atoms with Gasteiger partial charge in [0.05, 0.1) is 6.16 Å². The Kier molecular flexibility index (Phi) is 4.08. The molecule has 0 saturated carbocycles. The maximum absolute atomic E-state index is 9.95. The topological polar surface area (TPSA) is 29.5 Å². The minimum Gasteiger partial charge on any atom is -0.508 e. The van der Waals surface area contributed by atoms with Gasteiger partial charge in [0.1, 0.15) is 17.1 Å². The first kappa shape index (κ1) is 15.6. The van der Waals surface area contributed by atoms with Crippen LogP contribution in [0.4, 0.5) is 0 Å². The molecule has 1 heterocycles. The minimum atomic E-state index is -0.759. The number of benzene rings is 1. The number of aryl methyl sites for hydroxylation is 1. The lowest BCUT2D eigenvalue weighted by Crippen LogP contribution is -2.38. The molecule has 3 heteroatoms. The first-order chi connectivity index (χ1) is 9.11. The van der Waals surface area contributed by atoms with Gasteiger partial charge in [-0.2, -0.15) is 0 Å². The molecule has 0 aliphatic carbocycles. The largest absolute Gasteiger partial charge is 0.508 e. The van der Waals surface area contributed by atoms with Gasteiger partial charge in [0.15, 0.2) is 0 Å². The summed E-state index contributed by atoms with van der Waals surface area (Å²) in [6, 6.07) is 1.83. The molecule has 1 atom stereocenters. The predicted molar refractivity (Wildman–Crippen MR) is 89.1 cm³/mol. The normalized spacial score (nSPS) is 22.3. The van der Waals surface area contributed by atoms with Crippen molar-refractivity contribution in [2.75, 3.05) is 26.2 Å². The van der Waals surface area contributed by atoms with Crippen molar-refractivity contribution in [1.29, 1.82) is 0 Å². The fourth-order valence-corrected chi connectivity index (χ4v) is 3.96. The molecule has 2 rings (SSSR count). The van der Waals surface area contributed by atoms with Crippen LogP contribution in [0.3, 0.4) is 0 Å². The highest BCUT2D eigenvalue weighted by Crippen LogP contribution is 2.50. The van der Waals surface area contributed by atoms with Crippen LogP contribution >= 0.6 is 7.26 Å². The van der Waals surface area contributed by atoms with Crippen LogP contribution in [0.2, 0.25) is 0 Å². The average molecular weight is 295 g/mol. The highest BCUT2D eigenvalue weighted by molar-refractivity contribution is 7.73. The van der Waals surface area contributed by atoms with E-state index in [4.69, 9.17) is 4.74 Å². The summed E-state index contributed by atoms with van der Waals surface area (Å²) in [4.78, 5) is 0. The van der Waals surface area contributed by atoms with Crippen LogP contribution in [-0.2, 0) is 6.42 Å². The predicted octanol–water partition coefficient (Wildman–Crippen LogP) is 4.39. The van der Waals surface area contributed by atoms with Crippen molar-refractivity contribution >= 4 is 7.26 Å². The molecule has 0 aromatic heterocycles. The van der Waals surface area contributed by atoms with E-state index >= 15 is 0 Å². The van der Waals surface area contributed by atoms with Crippen molar-refractivity contribution in [3.05, 3.63) is 22.8 Å². The van der Waals surface area contributed by atoms with E-state index < -0.39 is 7.26 Å². The van der Waals surface area contributed by atoms with Crippen LogP contribution in [0.1, 0.15) is 36.5 Å². The number of aromatic hydroxyl groups is 1. The molecule has 1 aliphatic rings. The van der Waals surface area contributed by atoms with Gasteiger partial charge < -0.3 is 9.84 Å². The van der Waals surface area contributed by atoms with Crippen LogP contribution in [-0.4, -0.2) is 36.9 Å². The molecule has 2 nitrogen and oxygen atoms in total. The second kappa shape index (κ2) is 5.22. The zero-order chi connectivity index (χ0) is 15.1. The van der Waals surface area contributed by atoms with Crippen molar-refractivity contribution in [2.24, 2.45) is 0 Å². The summed E-state index contributed by atoms with van der Waals surface area (Å²) < 4.78 is 6.39. The smallest absolute Gasteiger partial charge is 0.126 e. The van der Waals surface area contributed by atoms with Gasteiger partial charge in [-0.15, -0.1) is 0 Å². The third kappa shape index (κ3) is 3.28. The van der Waals surface area contributed by atoms with E-state index in [1.807, 2.05) is 19.9 Å². The second-order valence-corrected chi connectivity index (χ2v) is 12.5. The SMILES string of the molecule is Cc1cc(O)c(C)c2c1OC(C)(CC[P+](C)(C)C)CC2. The molecule has 0 bridgehead atoms. The quantitative estimate of drug-likeness (QED) is 0.838. The summed E-state index contributed by atoms with van der Waals surface area (Å²) in [6.07, 6.45) is 4.46. The number of phenolic OH excluding ortho intramolecular Hbond substituents is 1. The highest BCUT2D eigenvalue weighted by Gasteiger charge is 2.35. The summed E-state index contributed by atoms with van der Waals surface area (Å²) in [7, 11) is -0.759. The Morgan fingerprint density at radius 3 is 2.55 bits per heavy atom. The summed E-state index contributed by atoms with van der Waals surface area (Å²) in [5.74, 6) is 1.41. The maximum atomic E-state index is 9.95. The van der Waals surface area contributed by atoms with Crippen LogP contribution in [0.5, 0.6) is 11.5 Å². The second-order valence-electron chi connectivity index (χ2n) is 7.46. The zero-order valence-electron chi connectivity index (χ0n) is 13.7. The molecule has 0 spiro atoms. The van der Waals surface area contributed by atoms with Crippen LogP contribution in [0, 0.1) is 13.8 Å². The Morgan fingerprint density at radius 1 is 1.30 bits per heavy atom. The van der Waals surface area contributed by atoms with Crippen LogP contribution < -0.4 is 4.74 Å². The standard InChI is InChI=1S/C17H27O2P/c1-12-11-15(18)13(2)14-7-8-17(3,19-16(12)14)9-10-20(4,5)6/h11H,7-10H2,1-6H3/p+1. The Morgan fingerprint density at radius 2 is 1.95 bits per heavy atom. The molecule has 20 heavy (non-hydrogen) atoms. The van der Waals surface area contributed by atoms with Gasteiger partial charge >= 0.3 is 0 Å². The van der Waals surface area contributed by atoms with Gasteiger partial charge in [-0.05, 0) is 50.8 Å². The van der Waals surface area contributed by atoms with E-state index in [-0.39, 0.29) is 5.60 Å². The molecule has 1 N–H and O–H groups in total. The molecule has 1 unspecified atom stereocenters. The number of rotatable bonds is 3. The number of ether oxygens (including phenoxy) is 1. The van der Waals surface area contributed by atoms with Crippen molar-refractivity contribution in [1.82, 2.24) is 0 Å². The molecule has 1 aromatic rings. The maximum Gasteiger partial charge on any atom is 0.126 e. The van der Waals surface area contributed by atoms with Gasteiger partial charge in [-0.3, -0.25) is 0 Å². The lowest BCUT2D eigenvalue weighted by molar-refractivity contribution is 0.0608. The van der Waals surface area contributed by atoms with Gasteiger partial charge in [0.25, 0.3) is 0 Å². The number of fused-ring (bicyclic) bond motifs is 1. The van der Waals surface area contributed by atoms with E-state index in [1.54, 1.807) is 0 Å². The fourth-order valence-electron chi connectivity index (χ4n) is 2.82. The van der Waals surface area contributed by atoms with Gasteiger partial charge in [-0.25, -0.2) is 0 Å². The third-order valence-electron chi connectivity index (χ3n) is 4.39. The third-order valence-corrected chi connectivity index (χ3v) is 5.95. The lowest BCUT2D eigenvalue weighted by Gasteiger charge is -2.38. The van der Waals surface area contributed by atoms with Crippen LogP contribution in [0.15, 0.2) is 6.07 Å². The van der Waals surface area contributed by atoms with Gasteiger partial charge in [0.2, 0.25) is 0 Å². The first-order valence-electron chi connectivity index (χ1n) is 7.43. The molecule has 0 saturated heterocycles. The molecule has 1 aliphatic heterocycles. The summed E-state index contributed by atoms with van der Waals surface area (Å²) in [5, 5.41) is 9.95. The zero-order valence-corrected chi connectivity index (χ0v) is 14.6. The molecule has 0 radical (unpaired) electrons. The molecular weight excluding hydrogens is 267 g/mol. The van der Waals surface area contributed by atoms with Gasteiger partial charge in [-0.1, -0.05) is 0 Å². The number of hydrogen-bond donors (Lipinski definition) is 1. The minimum absolute atomic E-state index is 0.0472. The first-order valence-corrected chi connectivity index (χ1v) is 10.7. The molecule has 1 aromatic carbocycles. The van der Waals surface area contributed by atoms with E-state index in [0.717, 1.165) is 36.1 Å². The Hall–Kier alpha value is -0.750. The van der Waals surface area contributed by atoms with Crippen molar-refractivity contribution < 1.29 is 9.84 Å². The van der Waals surface area contributed by atoms with Crippen molar-refractivity contribution in [3.8, 4) is 11.5 Å². The lowest BCUT2D eigenvalue weighted by atomic mass is 9.87. The number of phenols is 1. The van der Waals surface area contributed by atoms with Crippen molar-refractivity contribution in [2.45, 2.75) is 45.6 Å². The summed E-state index contributed by atoms with van der Waals surface area (Å²) in [6.45, 7) is 13.4. The fraction of sp³-hybridized carbons (Fsp3) is 0.647. The van der Waals surface area contributed by atoms with Gasteiger partial charge in [0, 0.05) is 39.2 Å². The number of hydrogen-bond acceptors (Lipinski definition) is 2. The van der Waals surface area contributed by atoms with E-state index in [2.05, 4.69) is 26.9 Å². The van der Waals surface area contributed by atoms with Crippen LogP contribution in [0.25, 0.3) is 0 Å². The Labute approximate surface area is 123 Å². The summed E-state index contributed by atoms with van der Waals surface area (Å²) >= 11 is 0. The Balaban J connectivity index is 2.24. The van der Waals surface area contributed by atoms with E-state index in [0.29, 0.717) is 5.75 Å². The highest BCUT2D eigenvalue weighted by atomic mass is 31.2. The summed E-state index contributed by atoms with van der Waals surface area (Å²) in [5.41, 5.74) is 3.19. The monoisotopic (exact) mass is 295 g/mol. The van der Waals surface area contributed by atoms with E-state index in [1.165, 1.54) is 11.7 Å². The molecular formula is C17H28O2P+. The molecule has 0 amide bonds. The average Bonchev–Trinajstić information content (AvgIpc) is 2.33. The molecule has 112 valence electrons. The molecule has 0 fully saturated rings. The Bertz CT molecular complexity index is 517.